The number of methoxy groups -OCH3 is 1. The monoisotopic (exact) mass is 383 g/mol. The van der Waals surface area contributed by atoms with E-state index in [1.54, 1.807) is 14.0 Å². The van der Waals surface area contributed by atoms with E-state index >= 15 is 0 Å². The van der Waals surface area contributed by atoms with Gasteiger partial charge in [-0.1, -0.05) is 6.07 Å². The lowest BCUT2D eigenvalue weighted by Crippen LogP contribution is -2.44. The minimum Gasteiger partial charge on any atom is -0.497 e. The van der Waals surface area contributed by atoms with Crippen LogP contribution in [-0.4, -0.2) is 24.7 Å². The number of carbonyl (C=O) groups excluding carboxylic acids is 1. The number of aryl methyl sites for hydroxylation is 2. The fourth-order valence-corrected chi connectivity index (χ4v) is 3.42. The van der Waals surface area contributed by atoms with Gasteiger partial charge < -0.3 is 19.5 Å². The third-order valence-corrected chi connectivity index (χ3v) is 5.16. The molecule has 1 N–H and O–H groups in total. The fourth-order valence-electron chi connectivity index (χ4n) is 3.42. The summed E-state index contributed by atoms with van der Waals surface area (Å²) in [7, 11) is 1.63. The zero-order chi connectivity index (χ0) is 20.5. The summed E-state index contributed by atoms with van der Waals surface area (Å²) in [4.78, 5) is 12.8. The van der Waals surface area contributed by atoms with Crippen molar-refractivity contribution in [1.29, 1.82) is 0 Å². The molecule has 0 saturated heterocycles. The molecular weight excluding hydrogens is 354 g/mol. The summed E-state index contributed by atoms with van der Waals surface area (Å²) >= 11 is 0. The molecule has 3 rings (SSSR count). The molecule has 1 aliphatic rings. The SMILES string of the molecule is COc1ccc2c(c1)OC(C)(C)C[C@H]2NC(=O)[C@@H](C)Oc1ccc(C)c(C)c1. The van der Waals surface area contributed by atoms with Gasteiger partial charge in [0.15, 0.2) is 6.10 Å². The van der Waals surface area contributed by atoms with Gasteiger partial charge in [0.25, 0.3) is 5.91 Å². The number of ether oxygens (including phenoxy) is 3. The molecule has 0 bridgehead atoms. The Bertz CT molecular complexity index is 875. The average molecular weight is 383 g/mol. The zero-order valence-corrected chi connectivity index (χ0v) is 17.5. The van der Waals surface area contributed by atoms with E-state index < -0.39 is 11.7 Å². The van der Waals surface area contributed by atoms with Gasteiger partial charge >= 0.3 is 0 Å². The third kappa shape index (κ3) is 4.41. The van der Waals surface area contributed by atoms with Crippen LogP contribution in [0.3, 0.4) is 0 Å². The summed E-state index contributed by atoms with van der Waals surface area (Å²) < 4.78 is 17.3. The highest BCUT2D eigenvalue weighted by atomic mass is 16.5. The zero-order valence-electron chi connectivity index (χ0n) is 17.5. The van der Waals surface area contributed by atoms with E-state index in [2.05, 4.69) is 12.2 Å². The van der Waals surface area contributed by atoms with Crippen LogP contribution >= 0.6 is 0 Å². The Hall–Kier alpha value is -2.69. The topological polar surface area (TPSA) is 56.8 Å². The summed E-state index contributed by atoms with van der Waals surface area (Å²) in [5.41, 5.74) is 2.89. The highest BCUT2D eigenvalue weighted by molar-refractivity contribution is 5.81. The van der Waals surface area contributed by atoms with E-state index in [1.165, 1.54) is 5.56 Å². The second-order valence-electron chi connectivity index (χ2n) is 8.04. The van der Waals surface area contributed by atoms with Crippen molar-refractivity contribution in [2.75, 3.05) is 7.11 Å². The lowest BCUT2D eigenvalue weighted by Gasteiger charge is -2.38. The standard InChI is InChI=1S/C23H29NO4/c1-14-7-8-18(11-15(14)2)27-16(3)22(25)24-20-13-23(4,5)28-21-12-17(26-6)9-10-19(20)21/h7-12,16,20H,13H2,1-6H3,(H,24,25)/t16-,20-/m1/s1. The number of hydrogen-bond donors (Lipinski definition) is 1. The fraction of sp³-hybridized carbons (Fsp3) is 0.435. The highest BCUT2D eigenvalue weighted by Crippen LogP contribution is 2.41. The molecule has 0 aromatic heterocycles. The van der Waals surface area contributed by atoms with Crippen molar-refractivity contribution in [1.82, 2.24) is 5.32 Å². The van der Waals surface area contributed by atoms with Crippen molar-refractivity contribution < 1.29 is 19.0 Å². The molecule has 0 fully saturated rings. The van der Waals surface area contributed by atoms with E-state index in [1.807, 2.05) is 57.2 Å². The van der Waals surface area contributed by atoms with E-state index in [0.717, 1.165) is 22.6 Å². The summed E-state index contributed by atoms with van der Waals surface area (Å²) in [6, 6.07) is 11.4. The minimum atomic E-state index is -0.602. The van der Waals surface area contributed by atoms with Crippen LogP contribution in [0, 0.1) is 13.8 Å². The maximum Gasteiger partial charge on any atom is 0.261 e. The van der Waals surface area contributed by atoms with E-state index in [4.69, 9.17) is 14.2 Å². The van der Waals surface area contributed by atoms with Crippen LogP contribution in [0.2, 0.25) is 0 Å². The van der Waals surface area contributed by atoms with Crippen LogP contribution in [0.15, 0.2) is 36.4 Å². The molecule has 0 spiro atoms. The molecule has 1 aliphatic heterocycles. The smallest absolute Gasteiger partial charge is 0.261 e. The molecule has 0 unspecified atom stereocenters. The summed E-state index contributed by atoms with van der Waals surface area (Å²) in [6.07, 6.45) is 0.0730. The van der Waals surface area contributed by atoms with Crippen molar-refractivity contribution in [3.8, 4) is 17.2 Å². The van der Waals surface area contributed by atoms with Gasteiger partial charge in [-0.3, -0.25) is 4.79 Å². The predicted octanol–water partition coefficient (Wildman–Crippen LogP) is 4.50. The van der Waals surface area contributed by atoms with Gasteiger partial charge in [-0.2, -0.15) is 0 Å². The summed E-state index contributed by atoms with van der Waals surface area (Å²) in [6.45, 7) is 9.88. The predicted molar refractivity (Wildman–Crippen MR) is 109 cm³/mol. The Morgan fingerprint density at radius 3 is 2.54 bits per heavy atom. The maximum absolute atomic E-state index is 12.8. The lowest BCUT2D eigenvalue weighted by atomic mass is 9.89. The molecule has 1 heterocycles. The highest BCUT2D eigenvalue weighted by Gasteiger charge is 2.35. The molecule has 2 atom stereocenters. The van der Waals surface area contributed by atoms with Crippen molar-refractivity contribution in [3.05, 3.63) is 53.1 Å². The molecule has 0 aliphatic carbocycles. The van der Waals surface area contributed by atoms with Gasteiger partial charge in [0.1, 0.15) is 22.8 Å². The van der Waals surface area contributed by atoms with E-state index in [0.29, 0.717) is 12.2 Å². The second-order valence-corrected chi connectivity index (χ2v) is 8.04. The molecule has 2 aromatic rings. The first kappa shape index (κ1) is 20.1. The summed E-state index contributed by atoms with van der Waals surface area (Å²) in [5, 5.41) is 3.13. The quantitative estimate of drug-likeness (QED) is 0.826. The van der Waals surface area contributed by atoms with Crippen molar-refractivity contribution in [2.45, 2.75) is 58.8 Å². The van der Waals surface area contributed by atoms with Crippen LogP contribution in [0.4, 0.5) is 0 Å². The largest absolute Gasteiger partial charge is 0.497 e. The average Bonchev–Trinajstić information content (AvgIpc) is 2.63. The Morgan fingerprint density at radius 1 is 1.14 bits per heavy atom. The van der Waals surface area contributed by atoms with Crippen LogP contribution in [0.25, 0.3) is 0 Å². The number of nitrogens with one attached hydrogen (secondary N) is 1. The summed E-state index contributed by atoms with van der Waals surface area (Å²) in [5.74, 6) is 2.02. The van der Waals surface area contributed by atoms with Crippen LogP contribution < -0.4 is 19.5 Å². The first-order valence-corrected chi connectivity index (χ1v) is 9.60. The van der Waals surface area contributed by atoms with Crippen LogP contribution in [0.5, 0.6) is 17.2 Å². The Kier molecular flexibility index (Phi) is 5.54. The molecule has 28 heavy (non-hydrogen) atoms. The van der Waals surface area contributed by atoms with Gasteiger partial charge in [-0.25, -0.2) is 0 Å². The van der Waals surface area contributed by atoms with Gasteiger partial charge in [-0.05, 0) is 70.0 Å². The number of benzene rings is 2. The maximum atomic E-state index is 12.8. The van der Waals surface area contributed by atoms with E-state index in [9.17, 15) is 4.79 Å². The van der Waals surface area contributed by atoms with Gasteiger partial charge in [0, 0.05) is 18.1 Å². The molecule has 0 saturated carbocycles. The number of carbonyl (C=O) groups is 1. The second kappa shape index (κ2) is 7.74. The van der Waals surface area contributed by atoms with Gasteiger partial charge in [-0.15, -0.1) is 0 Å². The Morgan fingerprint density at radius 2 is 1.86 bits per heavy atom. The first-order valence-electron chi connectivity index (χ1n) is 9.60. The molecular formula is C23H29NO4. The molecule has 2 aromatic carbocycles. The Labute approximate surface area is 167 Å². The molecule has 1 amide bonds. The number of fused-ring (bicyclic) bond motifs is 1. The molecule has 150 valence electrons. The van der Waals surface area contributed by atoms with E-state index in [-0.39, 0.29) is 11.9 Å². The number of amides is 1. The number of rotatable bonds is 5. The van der Waals surface area contributed by atoms with Crippen molar-refractivity contribution in [2.24, 2.45) is 0 Å². The first-order chi connectivity index (χ1) is 13.2. The molecule has 5 heteroatoms. The van der Waals surface area contributed by atoms with Gasteiger partial charge in [0.2, 0.25) is 0 Å². The normalized spacial score (nSPS) is 18.4. The van der Waals surface area contributed by atoms with Crippen LogP contribution in [-0.2, 0) is 4.79 Å². The third-order valence-electron chi connectivity index (χ3n) is 5.16. The molecule has 5 nitrogen and oxygen atoms in total. The lowest BCUT2D eigenvalue weighted by molar-refractivity contribution is -0.128. The van der Waals surface area contributed by atoms with Crippen molar-refractivity contribution in [3.63, 3.8) is 0 Å². The number of hydrogen-bond acceptors (Lipinski definition) is 4. The van der Waals surface area contributed by atoms with Gasteiger partial charge in [0.05, 0.1) is 13.2 Å². The molecule has 0 radical (unpaired) electrons. The van der Waals surface area contributed by atoms with Crippen LogP contribution in [0.1, 0.15) is 49.9 Å². The van der Waals surface area contributed by atoms with Crippen molar-refractivity contribution >= 4 is 5.91 Å². The minimum absolute atomic E-state index is 0.150. The Balaban J connectivity index is 1.74.